The predicted octanol–water partition coefficient (Wildman–Crippen LogP) is 1.56. The van der Waals surface area contributed by atoms with Crippen molar-refractivity contribution in [2.75, 3.05) is 11.5 Å². The van der Waals surface area contributed by atoms with E-state index in [1.54, 1.807) is 0 Å². The Bertz CT molecular complexity index is 791. The van der Waals surface area contributed by atoms with E-state index in [9.17, 15) is 13.2 Å². The third-order valence-electron chi connectivity index (χ3n) is 3.44. The average molecular weight is 340 g/mol. The van der Waals surface area contributed by atoms with Crippen LogP contribution in [0.5, 0.6) is 0 Å². The number of carbonyl (C=O) groups excluding carboxylic acids is 1. The summed E-state index contributed by atoms with van der Waals surface area (Å²) in [4.78, 5) is 16.3. The molecule has 0 bridgehead atoms. The van der Waals surface area contributed by atoms with Gasteiger partial charge in [0.2, 0.25) is 5.91 Å². The van der Waals surface area contributed by atoms with Gasteiger partial charge in [-0.15, -0.1) is 11.3 Å². The quantitative estimate of drug-likeness (QED) is 0.912. The zero-order valence-electron chi connectivity index (χ0n) is 12.0. The number of hydrogen-bond acceptors (Lipinski definition) is 6. The van der Waals surface area contributed by atoms with Gasteiger partial charge >= 0.3 is 0 Å². The van der Waals surface area contributed by atoms with Crippen LogP contribution in [0.4, 0.5) is 0 Å². The highest BCUT2D eigenvalue weighted by Crippen LogP contribution is 2.25. The Kier molecular flexibility index (Phi) is 4.05. The smallest absolute Gasteiger partial charge is 0.226 e. The maximum absolute atomic E-state index is 12.0. The Morgan fingerprint density at radius 2 is 2.32 bits per heavy atom. The fraction of sp³-hybridized carbons (Fsp3) is 0.429. The minimum atomic E-state index is -2.98. The van der Waals surface area contributed by atoms with E-state index in [1.165, 1.54) is 11.3 Å². The van der Waals surface area contributed by atoms with Crippen LogP contribution in [0, 0.1) is 6.92 Å². The van der Waals surface area contributed by atoms with Crippen LogP contribution in [0.25, 0.3) is 10.8 Å². The van der Waals surface area contributed by atoms with Gasteiger partial charge < -0.3 is 9.73 Å². The van der Waals surface area contributed by atoms with E-state index in [2.05, 4.69) is 10.3 Å². The molecule has 1 saturated heterocycles. The Hall–Kier alpha value is -1.67. The van der Waals surface area contributed by atoms with Gasteiger partial charge in [-0.25, -0.2) is 13.4 Å². The van der Waals surface area contributed by atoms with Gasteiger partial charge in [0.05, 0.1) is 23.6 Å². The number of furan rings is 1. The summed E-state index contributed by atoms with van der Waals surface area (Å²) in [6.45, 7) is 1.86. The maximum Gasteiger partial charge on any atom is 0.226 e. The second kappa shape index (κ2) is 5.85. The highest BCUT2D eigenvalue weighted by atomic mass is 32.2. The molecule has 0 spiro atoms. The fourth-order valence-corrected chi connectivity index (χ4v) is 4.86. The molecule has 2 aromatic heterocycles. The number of aromatic nitrogens is 1. The van der Waals surface area contributed by atoms with Crippen LogP contribution >= 0.6 is 11.3 Å². The van der Waals surface area contributed by atoms with E-state index < -0.39 is 9.84 Å². The molecule has 3 heterocycles. The summed E-state index contributed by atoms with van der Waals surface area (Å²) < 4.78 is 28.2. The molecule has 2 aromatic rings. The molecule has 1 aliphatic rings. The predicted molar refractivity (Wildman–Crippen MR) is 83.5 cm³/mol. The number of hydrogen-bond donors (Lipinski definition) is 1. The lowest BCUT2D eigenvalue weighted by Gasteiger charge is -2.09. The minimum absolute atomic E-state index is 0.0345. The van der Waals surface area contributed by atoms with Crippen molar-refractivity contribution in [3.63, 3.8) is 0 Å². The van der Waals surface area contributed by atoms with Crippen LogP contribution in [0.2, 0.25) is 0 Å². The van der Waals surface area contributed by atoms with Gasteiger partial charge in [0.15, 0.2) is 20.6 Å². The van der Waals surface area contributed by atoms with Gasteiger partial charge in [-0.1, -0.05) is 0 Å². The molecule has 1 atom stereocenters. The number of aryl methyl sites for hydroxylation is 1. The number of sulfone groups is 1. The number of carbonyl (C=O) groups is 1. The van der Waals surface area contributed by atoms with Gasteiger partial charge in [0.1, 0.15) is 5.76 Å². The summed E-state index contributed by atoms with van der Waals surface area (Å²) >= 11 is 1.42. The molecule has 0 unspecified atom stereocenters. The lowest BCUT2D eigenvalue weighted by atomic mass is 10.2. The van der Waals surface area contributed by atoms with Crippen molar-refractivity contribution in [3.8, 4) is 10.8 Å². The Balaban J connectivity index is 1.59. The van der Waals surface area contributed by atoms with Crippen LogP contribution in [0.15, 0.2) is 21.9 Å². The van der Waals surface area contributed by atoms with Gasteiger partial charge in [-0.2, -0.15) is 0 Å². The second-order valence-corrected chi connectivity index (χ2v) is 8.49. The van der Waals surface area contributed by atoms with E-state index in [1.807, 2.05) is 24.4 Å². The molecule has 1 N–H and O–H groups in total. The summed E-state index contributed by atoms with van der Waals surface area (Å²) in [7, 11) is -2.98. The van der Waals surface area contributed by atoms with Crippen molar-refractivity contribution in [2.45, 2.75) is 25.8 Å². The lowest BCUT2D eigenvalue weighted by molar-refractivity contribution is -0.121. The molecule has 1 aliphatic heterocycles. The molecular weight excluding hydrogens is 324 g/mol. The summed E-state index contributed by atoms with van der Waals surface area (Å²) in [6, 6.07) is 3.44. The van der Waals surface area contributed by atoms with Crippen molar-refractivity contribution in [3.05, 3.63) is 29.0 Å². The van der Waals surface area contributed by atoms with Crippen molar-refractivity contribution in [1.29, 1.82) is 0 Å². The standard InChI is InChI=1S/C14H16N2O4S2/c1-9-2-3-12(20-9)14-16-11(7-21-14)6-13(17)15-10-4-5-22(18,19)8-10/h2-3,7,10H,4-6,8H2,1H3,(H,15,17)/t10-/m0/s1. The van der Waals surface area contributed by atoms with Crippen LogP contribution < -0.4 is 5.32 Å². The zero-order valence-corrected chi connectivity index (χ0v) is 13.7. The third-order valence-corrected chi connectivity index (χ3v) is 6.12. The topological polar surface area (TPSA) is 89.3 Å². The molecule has 22 heavy (non-hydrogen) atoms. The maximum atomic E-state index is 12.0. The molecule has 6 nitrogen and oxygen atoms in total. The monoisotopic (exact) mass is 340 g/mol. The molecule has 1 amide bonds. The summed E-state index contributed by atoms with van der Waals surface area (Å²) in [6.07, 6.45) is 0.634. The number of nitrogens with one attached hydrogen (secondary N) is 1. The summed E-state index contributed by atoms with van der Waals surface area (Å²) in [5.74, 6) is 1.49. The zero-order chi connectivity index (χ0) is 15.7. The lowest BCUT2D eigenvalue weighted by Crippen LogP contribution is -2.36. The second-order valence-electron chi connectivity index (χ2n) is 5.40. The van der Waals surface area contributed by atoms with E-state index in [0.29, 0.717) is 17.9 Å². The number of thiazole rings is 1. The summed E-state index contributed by atoms with van der Waals surface area (Å²) in [5.41, 5.74) is 0.660. The van der Waals surface area contributed by atoms with Crippen molar-refractivity contribution >= 4 is 27.1 Å². The Labute approximate surface area is 132 Å². The van der Waals surface area contributed by atoms with Gasteiger partial charge in [0, 0.05) is 11.4 Å². The molecule has 3 rings (SSSR count). The fourth-order valence-electron chi connectivity index (χ4n) is 2.40. The van der Waals surface area contributed by atoms with E-state index in [4.69, 9.17) is 4.42 Å². The molecule has 8 heteroatoms. The number of rotatable bonds is 4. The molecule has 118 valence electrons. The van der Waals surface area contributed by atoms with E-state index in [-0.39, 0.29) is 29.9 Å². The van der Waals surface area contributed by atoms with Crippen molar-refractivity contribution < 1.29 is 17.6 Å². The largest absolute Gasteiger partial charge is 0.459 e. The molecule has 0 radical (unpaired) electrons. The van der Waals surface area contributed by atoms with Gasteiger partial charge in [-0.05, 0) is 25.5 Å². The first kappa shape index (κ1) is 15.2. The first-order valence-corrected chi connectivity index (χ1v) is 9.62. The molecule has 0 aliphatic carbocycles. The Morgan fingerprint density at radius 1 is 1.50 bits per heavy atom. The average Bonchev–Trinajstić information content (AvgIpc) is 3.11. The first-order chi connectivity index (χ1) is 10.4. The highest BCUT2D eigenvalue weighted by molar-refractivity contribution is 7.91. The Morgan fingerprint density at radius 3 is 2.95 bits per heavy atom. The number of nitrogens with zero attached hydrogens (tertiary/aromatic N) is 1. The normalized spacial score (nSPS) is 20.1. The van der Waals surface area contributed by atoms with Crippen LogP contribution in [0.1, 0.15) is 17.9 Å². The molecule has 0 aromatic carbocycles. The van der Waals surface area contributed by atoms with Crippen molar-refractivity contribution in [2.24, 2.45) is 0 Å². The van der Waals surface area contributed by atoms with Crippen LogP contribution in [0.3, 0.4) is 0 Å². The van der Waals surface area contributed by atoms with Gasteiger partial charge in [-0.3, -0.25) is 4.79 Å². The van der Waals surface area contributed by atoms with E-state index >= 15 is 0 Å². The van der Waals surface area contributed by atoms with Crippen molar-refractivity contribution in [1.82, 2.24) is 10.3 Å². The minimum Gasteiger partial charge on any atom is -0.459 e. The van der Waals surface area contributed by atoms with Gasteiger partial charge in [0.25, 0.3) is 0 Å². The van der Waals surface area contributed by atoms with Crippen LogP contribution in [-0.2, 0) is 21.1 Å². The SMILES string of the molecule is Cc1ccc(-c2nc(CC(=O)N[C@H]3CCS(=O)(=O)C3)cs2)o1. The number of amides is 1. The highest BCUT2D eigenvalue weighted by Gasteiger charge is 2.28. The molecule has 0 saturated carbocycles. The third kappa shape index (κ3) is 3.56. The van der Waals surface area contributed by atoms with Crippen LogP contribution in [-0.4, -0.2) is 36.9 Å². The first-order valence-electron chi connectivity index (χ1n) is 6.92. The molecular formula is C14H16N2O4S2. The molecule has 1 fully saturated rings. The summed E-state index contributed by atoms with van der Waals surface area (Å²) in [5, 5.41) is 5.31. The van der Waals surface area contributed by atoms with E-state index in [0.717, 1.165) is 10.8 Å².